The third-order valence-corrected chi connectivity index (χ3v) is 3.65. The van der Waals surface area contributed by atoms with Crippen LogP contribution in [0, 0.1) is 0 Å². The van der Waals surface area contributed by atoms with E-state index in [1.807, 2.05) is 11.4 Å². The van der Waals surface area contributed by atoms with Crippen molar-refractivity contribution < 1.29 is 14.3 Å². The Morgan fingerprint density at radius 3 is 2.78 bits per heavy atom. The van der Waals surface area contributed by atoms with Crippen LogP contribution in [-0.4, -0.2) is 49.1 Å². The minimum Gasteiger partial charge on any atom is -0.378 e. The summed E-state index contributed by atoms with van der Waals surface area (Å²) in [5.74, 6) is -0.248. The average molecular weight is 268 g/mol. The zero-order valence-electron chi connectivity index (χ0n) is 10.2. The van der Waals surface area contributed by atoms with Crippen molar-refractivity contribution in [3.63, 3.8) is 0 Å². The highest BCUT2D eigenvalue weighted by Crippen LogP contribution is 2.09. The number of carbonyl (C=O) groups is 2. The topological polar surface area (TPSA) is 58.6 Å². The summed E-state index contributed by atoms with van der Waals surface area (Å²) in [5, 5.41) is 4.56. The lowest BCUT2D eigenvalue weighted by atomic mass is 10.2. The Hall–Kier alpha value is -1.40. The van der Waals surface area contributed by atoms with Crippen molar-refractivity contribution in [2.75, 3.05) is 26.3 Å². The summed E-state index contributed by atoms with van der Waals surface area (Å²) in [6.07, 6.45) is 0. The highest BCUT2D eigenvalue weighted by molar-refractivity contribution is 7.12. The molecule has 1 aliphatic heterocycles. The number of amides is 2. The SMILES string of the molecule is C[C@H](NC(=O)c1cccs1)C(=O)N1CCOCC1. The number of hydrogen-bond acceptors (Lipinski definition) is 4. The fourth-order valence-corrected chi connectivity index (χ4v) is 2.42. The van der Waals surface area contributed by atoms with Gasteiger partial charge in [0.05, 0.1) is 18.1 Å². The van der Waals surface area contributed by atoms with Crippen molar-refractivity contribution in [2.45, 2.75) is 13.0 Å². The van der Waals surface area contributed by atoms with Crippen LogP contribution in [0.4, 0.5) is 0 Å². The van der Waals surface area contributed by atoms with E-state index in [0.717, 1.165) is 0 Å². The molecule has 1 aliphatic rings. The zero-order valence-corrected chi connectivity index (χ0v) is 11.0. The lowest BCUT2D eigenvalue weighted by Crippen LogP contribution is -2.50. The highest BCUT2D eigenvalue weighted by Gasteiger charge is 2.24. The maximum Gasteiger partial charge on any atom is 0.261 e. The molecule has 1 fully saturated rings. The van der Waals surface area contributed by atoms with Crippen molar-refractivity contribution in [1.82, 2.24) is 10.2 Å². The summed E-state index contributed by atoms with van der Waals surface area (Å²) in [6, 6.07) is 3.05. The zero-order chi connectivity index (χ0) is 13.0. The molecule has 1 atom stereocenters. The van der Waals surface area contributed by atoms with Gasteiger partial charge >= 0.3 is 0 Å². The Morgan fingerprint density at radius 1 is 1.44 bits per heavy atom. The molecule has 2 amide bonds. The first-order chi connectivity index (χ1) is 8.68. The molecule has 0 spiro atoms. The number of nitrogens with one attached hydrogen (secondary N) is 1. The normalized spacial score (nSPS) is 17.3. The van der Waals surface area contributed by atoms with Gasteiger partial charge in [0, 0.05) is 13.1 Å². The number of ether oxygens (including phenoxy) is 1. The lowest BCUT2D eigenvalue weighted by molar-refractivity contribution is -0.136. The Labute approximate surface area is 110 Å². The number of carbonyl (C=O) groups excluding carboxylic acids is 2. The summed E-state index contributed by atoms with van der Waals surface area (Å²) in [5.41, 5.74) is 0. The molecule has 0 bridgehead atoms. The number of morpholine rings is 1. The number of rotatable bonds is 3. The number of nitrogens with zero attached hydrogens (tertiary/aromatic N) is 1. The molecular weight excluding hydrogens is 252 g/mol. The third kappa shape index (κ3) is 3.08. The molecule has 2 heterocycles. The second-order valence-corrected chi connectivity index (χ2v) is 5.06. The van der Waals surface area contributed by atoms with Gasteiger partial charge in [-0.05, 0) is 18.4 Å². The molecule has 5 nitrogen and oxygen atoms in total. The quantitative estimate of drug-likeness (QED) is 0.879. The fourth-order valence-electron chi connectivity index (χ4n) is 1.79. The molecular formula is C12H16N2O3S. The van der Waals surface area contributed by atoms with Crippen molar-refractivity contribution in [3.05, 3.63) is 22.4 Å². The Morgan fingerprint density at radius 2 is 2.17 bits per heavy atom. The van der Waals surface area contributed by atoms with E-state index in [1.165, 1.54) is 11.3 Å². The maximum atomic E-state index is 12.1. The van der Waals surface area contributed by atoms with Crippen LogP contribution in [0.15, 0.2) is 17.5 Å². The van der Waals surface area contributed by atoms with E-state index < -0.39 is 6.04 Å². The minimum atomic E-state index is -0.502. The summed E-state index contributed by atoms with van der Waals surface area (Å²) < 4.78 is 5.19. The molecule has 6 heteroatoms. The second-order valence-electron chi connectivity index (χ2n) is 4.11. The van der Waals surface area contributed by atoms with E-state index >= 15 is 0 Å². The van der Waals surface area contributed by atoms with Crippen molar-refractivity contribution in [3.8, 4) is 0 Å². The van der Waals surface area contributed by atoms with Crippen molar-refractivity contribution in [1.29, 1.82) is 0 Å². The Balaban J connectivity index is 1.88. The molecule has 98 valence electrons. The summed E-state index contributed by atoms with van der Waals surface area (Å²) in [7, 11) is 0. The summed E-state index contributed by atoms with van der Waals surface area (Å²) >= 11 is 1.36. The van der Waals surface area contributed by atoms with E-state index in [0.29, 0.717) is 31.2 Å². The van der Waals surface area contributed by atoms with Gasteiger partial charge in [0.2, 0.25) is 5.91 Å². The molecule has 1 aromatic rings. The molecule has 0 radical (unpaired) electrons. The van der Waals surface area contributed by atoms with Crippen LogP contribution < -0.4 is 5.32 Å². The summed E-state index contributed by atoms with van der Waals surface area (Å²) in [6.45, 7) is 4.04. The van der Waals surface area contributed by atoms with Gasteiger partial charge in [-0.3, -0.25) is 9.59 Å². The van der Waals surface area contributed by atoms with Gasteiger partial charge in [-0.25, -0.2) is 0 Å². The van der Waals surface area contributed by atoms with E-state index in [2.05, 4.69) is 5.32 Å². The maximum absolute atomic E-state index is 12.1. The average Bonchev–Trinajstić information content (AvgIpc) is 2.92. The number of thiophene rings is 1. The molecule has 0 aromatic carbocycles. The van der Waals surface area contributed by atoms with Crippen molar-refractivity contribution in [2.24, 2.45) is 0 Å². The first kappa shape index (κ1) is 13.0. The smallest absolute Gasteiger partial charge is 0.261 e. The Kier molecular flexibility index (Phi) is 4.33. The summed E-state index contributed by atoms with van der Waals surface area (Å²) in [4.78, 5) is 26.2. The lowest BCUT2D eigenvalue weighted by Gasteiger charge is -2.29. The molecule has 0 aliphatic carbocycles. The van der Waals surface area contributed by atoms with Crippen LogP contribution in [0.2, 0.25) is 0 Å². The van der Waals surface area contributed by atoms with E-state index in [-0.39, 0.29) is 11.8 Å². The van der Waals surface area contributed by atoms with Gasteiger partial charge in [0.25, 0.3) is 5.91 Å². The minimum absolute atomic E-state index is 0.0526. The van der Waals surface area contributed by atoms with Crippen LogP contribution in [0.1, 0.15) is 16.6 Å². The second kappa shape index (κ2) is 5.97. The molecule has 1 saturated heterocycles. The highest BCUT2D eigenvalue weighted by atomic mass is 32.1. The molecule has 0 saturated carbocycles. The molecule has 1 aromatic heterocycles. The van der Waals surface area contributed by atoms with Crippen LogP contribution in [0.5, 0.6) is 0 Å². The van der Waals surface area contributed by atoms with Crippen LogP contribution in [0.3, 0.4) is 0 Å². The van der Waals surface area contributed by atoms with Crippen LogP contribution in [0.25, 0.3) is 0 Å². The molecule has 0 unspecified atom stereocenters. The molecule has 1 N–H and O–H groups in total. The predicted octanol–water partition coefficient (Wildman–Crippen LogP) is 0.725. The van der Waals surface area contributed by atoms with E-state index in [9.17, 15) is 9.59 Å². The third-order valence-electron chi connectivity index (χ3n) is 2.79. The van der Waals surface area contributed by atoms with Gasteiger partial charge in [-0.2, -0.15) is 0 Å². The predicted molar refractivity (Wildman–Crippen MR) is 68.6 cm³/mol. The van der Waals surface area contributed by atoms with Gasteiger partial charge in [-0.1, -0.05) is 6.07 Å². The first-order valence-corrected chi connectivity index (χ1v) is 6.77. The van der Waals surface area contributed by atoms with Crippen molar-refractivity contribution >= 4 is 23.2 Å². The van der Waals surface area contributed by atoms with Gasteiger partial charge < -0.3 is 15.0 Å². The largest absolute Gasteiger partial charge is 0.378 e. The molecule has 18 heavy (non-hydrogen) atoms. The van der Waals surface area contributed by atoms with Crippen LogP contribution >= 0.6 is 11.3 Å². The Bertz CT molecular complexity index is 413. The van der Waals surface area contributed by atoms with Crippen LogP contribution in [-0.2, 0) is 9.53 Å². The standard InChI is InChI=1S/C12H16N2O3S/c1-9(12(16)14-4-6-17-7-5-14)13-11(15)10-3-2-8-18-10/h2-3,8-9H,4-7H2,1H3,(H,13,15)/t9-/m0/s1. The van der Waals surface area contributed by atoms with E-state index in [1.54, 1.807) is 17.9 Å². The number of hydrogen-bond donors (Lipinski definition) is 1. The first-order valence-electron chi connectivity index (χ1n) is 5.89. The fraction of sp³-hybridized carbons (Fsp3) is 0.500. The molecule has 2 rings (SSSR count). The van der Waals surface area contributed by atoms with Gasteiger partial charge in [-0.15, -0.1) is 11.3 Å². The van der Waals surface area contributed by atoms with Gasteiger partial charge in [0.15, 0.2) is 0 Å². The van der Waals surface area contributed by atoms with Gasteiger partial charge in [0.1, 0.15) is 6.04 Å². The van der Waals surface area contributed by atoms with E-state index in [4.69, 9.17) is 4.74 Å². The monoisotopic (exact) mass is 268 g/mol.